The number of esters is 1. The molecule has 0 radical (unpaired) electrons. The second-order valence-corrected chi connectivity index (χ2v) is 3.39. The normalized spacial score (nSPS) is 11.9. The molecule has 0 spiro atoms. The summed E-state index contributed by atoms with van der Waals surface area (Å²) in [6.45, 7) is 3.88. The lowest BCUT2D eigenvalue weighted by Crippen LogP contribution is -2.18. The highest BCUT2D eigenvalue weighted by Crippen LogP contribution is 2.14. The molecule has 1 aromatic carbocycles. The van der Waals surface area contributed by atoms with Crippen molar-refractivity contribution < 1.29 is 18.7 Å². The summed E-state index contributed by atoms with van der Waals surface area (Å²) >= 11 is 0. The van der Waals surface area contributed by atoms with Gasteiger partial charge in [0.1, 0.15) is 17.7 Å². The predicted molar refractivity (Wildman–Crippen MR) is 57.7 cm³/mol. The van der Waals surface area contributed by atoms with Gasteiger partial charge in [-0.2, -0.15) is 0 Å². The number of carbonyl (C=O) groups excluding carboxylic acids is 1. The first-order valence-electron chi connectivity index (χ1n) is 5.19. The Balaban J connectivity index is 2.42. The summed E-state index contributed by atoms with van der Waals surface area (Å²) in [5, 5.41) is 0. The van der Waals surface area contributed by atoms with Gasteiger partial charge in [0, 0.05) is 0 Å². The summed E-state index contributed by atoms with van der Waals surface area (Å²) in [4.78, 5) is 11.1. The lowest BCUT2D eigenvalue weighted by atomic mass is 10.3. The molecular formula is C12H15FO3. The van der Waals surface area contributed by atoms with E-state index in [-0.39, 0.29) is 24.3 Å². The molecule has 0 saturated carbocycles. The maximum Gasteiger partial charge on any atom is 0.309 e. The third-order valence-corrected chi connectivity index (χ3v) is 1.91. The highest BCUT2D eigenvalue weighted by atomic mass is 19.1. The number of ether oxygens (including phenoxy) is 2. The van der Waals surface area contributed by atoms with Crippen molar-refractivity contribution in [2.24, 2.45) is 0 Å². The van der Waals surface area contributed by atoms with Crippen LogP contribution >= 0.6 is 0 Å². The summed E-state index contributed by atoms with van der Waals surface area (Å²) in [5.74, 6) is -0.0688. The molecule has 3 nitrogen and oxygen atoms in total. The van der Waals surface area contributed by atoms with Crippen molar-refractivity contribution in [2.45, 2.75) is 26.4 Å². The number of hydrogen-bond acceptors (Lipinski definition) is 3. The van der Waals surface area contributed by atoms with Crippen LogP contribution in [0.25, 0.3) is 0 Å². The van der Waals surface area contributed by atoms with Gasteiger partial charge in [-0.05, 0) is 38.1 Å². The number of benzene rings is 1. The fraction of sp³-hybridized carbons (Fsp3) is 0.417. The SMILES string of the molecule is CCOC(=O)C[C@@H](C)Oc1ccc(F)cc1. The Morgan fingerprint density at radius 1 is 1.38 bits per heavy atom. The van der Waals surface area contributed by atoms with E-state index >= 15 is 0 Å². The van der Waals surface area contributed by atoms with Crippen LogP contribution in [0.5, 0.6) is 5.75 Å². The average molecular weight is 226 g/mol. The minimum absolute atomic E-state index is 0.186. The molecule has 0 bridgehead atoms. The van der Waals surface area contributed by atoms with Gasteiger partial charge in [-0.3, -0.25) is 4.79 Å². The van der Waals surface area contributed by atoms with E-state index in [1.54, 1.807) is 13.8 Å². The van der Waals surface area contributed by atoms with Crippen molar-refractivity contribution >= 4 is 5.97 Å². The minimum Gasteiger partial charge on any atom is -0.490 e. The molecule has 88 valence electrons. The van der Waals surface area contributed by atoms with E-state index in [2.05, 4.69) is 0 Å². The van der Waals surface area contributed by atoms with E-state index in [1.165, 1.54) is 24.3 Å². The van der Waals surface area contributed by atoms with Crippen LogP contribution in [0.3, 0.4) is 0 Å². The largest absolute Gasteiger partial charge is 0.490 e. The minimum atomic E-state index is -0.314. The van der Waals surface area contributed by atoms with E-state index in [4.69, 9.17) is 9.47 Å². The Bertz CT molecular complexity index is 335. The monoisotopic (exact) mass is 226 g/mol. The van der Waals surface area contributed by atoms with Gasteiger partial charge in [0.15, 0.2) is 0 Å². The quantitative estimate of drug-likeness (QED) is 0.724. The molecule has 1 aromatic rings. The first kappa shape index (κ1) is 12.5. The van der Waals surface area contributed by atoms with Crippen LogP contribution in [0.2, 0.25) is 0 Å². The summed E-state index contributed by atoms with van der Waals surface area (Å²) < 4.78 is 22.8. The molecule has 0 aliphatic carbocycles. The molecule has 1 atom stereocenters. The zero-order chi connectivity index (χ0) is 12.0. The van der Waals surface area contributed by atoms with Gasteiger partial charge in [-0.1, -0.05) is 0 Å². The Hall–Kier alpha value is -1.58. The number of hydrogen-bond donors (Lipinski definition) is 0. The van der Waals surface area contributed by atoms with Gasteiger partial charge < -0.3 is 9.47 Å². The van der Waals surface area contributed by atoms with Crippen LogP contribution in [0, 0.1) is 5.82 Å². The first-order chi connectivity index (χ1) is 7.61. The number of carbonyl (C=O) groups is 1. The van der Waals surface area contributed by atoms with Crippen molar-refractivity contribution in [1.82, 2.24) is 0 Å². The van der Waals surface area contributed by atoms with Crippen LogP contribution < -0.4 is 4.74 Å². The van der Waals surface area contributed by atoms with Gasteiger partial charge in [0.25, 0.3) is 0 Å². The standard InChI is InChI=1S/C12H15FO3/c1-3-15-12(14)8-9(2)16-11-6-4-10(13)5-7-11/h4-7,9H,3,8H2,1-2H3/t9-/m1/s1. The Morgan fingerprint density at radius 2 is 2.00 bits per heavy atom. The van der Waals surface area contributed by atoms with Crippen molar-refractivity contribution in [2.75, 3.05) is 6.61 Å². The third-order valence-electron chi connectivity index (χ3n) is 1.91. The summed E-state index contributed by atoms with van der Waals surface area (Å²) in [5.41, 5.74) is 0. The fourth-order valence-electron chi connectivity index (χ4n) is 1.24. The van der Waals surface area contributed by atoms with Crippen LogP contribution in [0.1, 0.15) is 20.3 Å². The molecule has 0 saturated heterocycles. The molecule has 1 rings (SSSR count). The van der Waals surface area contributed by atoms with E-state index in [0.29, 0.717) is 12.4 Å². The van der Waals surface area contributed by atoms with Crippen molar-refractivity contribution in [3.63, 3.8) is 0 Å². The lowest BCUT2D eigenvalue weighted by molar-refractivity contribution is -0.144. The second kappa shape index (κ2) is 6.10. The van der Waals surface area contributed by atoms with E-state index in [9.17, 15) is 9.18 Å². The zero-order valence-corrected chi connectivity index (χ0v) is 9.40. The van der Waals surface area contributed by atoms with E-state index < -0.39 is 0 Å². The molecule has 4 heteroatoms. The maximum atomic E-state index is 12.6. The molecule has 0 N–H and O–H groups in total. The van der Waals surface area contributed by atoms with Crippen LogP contribution in [-0.2, 0) is 9.53 Å². The predicted octanol–water partition coefficient (Wildman–Crippen LogP) is 2.55. The van der Waals surface area contributed by atoms with Gasteiger partial charge in [-0.15, -0.1) is 0 Å². The molecule has 0 fully saturated rings. The van der Waals surface area contributed by atoms with Crippen LogP contribution in [0.4, 0.5) is 4.39 Å². The van der Waals surface area contributed by atoms with Crippen molar-refractivity contribution in [3.8, 4) is 5.75 Å². The van der Waals surface area contributed by atoms with Crippen molar-refractivity contribution in [3.05, 3.63) is 30.1 Å². The zero-order valence-electron chi connectivity index (χ0n) is 9.40. The van der Waals surface area contributed by atoms with E-state index in [0.717, 1.165) is 0 Å². The molecule has 0 aliphatic heterocycles. The van der Waals surface area contributed by atoms with Gasteiger partial charge in [0.2, 0.25) is 0 Å². The maximum absolute atomic E-state index is 12.6. The van der Waals surface area contributed by atoms with E-state index in [1.807, 2.05) is 0 Å². The summed E-state index contributed by atoms with van der Waals surface area (Å²) in [7, 11) is 0. The molecule has 0 heterocycles. The van der Waals surface area contributed by atoms with Crippen LogP contribution in [0.15, 0.2) is 24.3 Å². The average Bonchev–Trinajstić information content (AvgIpc) is 2.21. The molecule has 0 unspecified atom stereocenters. The summed E-state index contributed by atoms with van der Waals surface area (Å²) in [6, 6.07) is 5.67. The Labute approximate surface area is 94.2 Å². The van der Waals surface area contributed by atoms with Gasteiger partial charge >= 0.3 is 5.97 Å². The second-order valence-electron chi connectivity index (χ2n) is 3.39. The summed E-state index contributed by atoms with van der Waals surface area (Å²) in [6.07, 6.45) is -0.102. The highest BCUT2D eigenvalue weighted by Gasteiger charge is 2.11. The molecular weight excluding hydrogens is 211 g/mol. The highest BCUT2D eigenvalue weighted by molar-refractivity contribution is 5.69. The number of halogens is 1. The lowest BCUT2D eigenvalue weighted by Gasteiger charge is -2.13. The van der Waals surface area contributed by atoms with Gasteiger partial charge in [0.05, 0.1) is 13.0 Å². The molecule has 0 aliphatic rings. The molecule has 0 aromatic heterocycles. The molecule has 16 heavy (non-hydrogen) atoms. The van der Waals surface area contributed by atoms with Gasteiger partial charge in [-0.25, -0.2) is 4.39 Å². The fourth-order valence-corrected chi connectivity index (χ4v) is 1.24. The smallest absolute Gasteiger partial charge is 0.309 e. The Kier molecular flexibility index (Phi) is 4.76. The third kappa shape index (κ3) is 4.29. The number of rotatable bonds is 5. The first-order valence-corrected chi connectivity index (χ1v) is 5.19. The molecule has 0 amide bonds. The topological polar surface area (TPSA) is 35.5 Å². The van der Waals surface area contributed by atoms with Crippen molar-refractivity contribution in [1.29, 1.82) is 0 Å². The van der Waals surface area contributed by atoms with Crippen LogP contribution in [-0.4, -0.2) is 18.7 Å². The Morgan fingerprint density at radius 3 is 2.56 bits per heavy atom.